The van der Waals surface area contributed by atoms with Crippen LogP contribution in [0, 0.1) is 0 Å². The van der Waals surface area contributed by atoms with Crippen LogP contribution in [0.4, 0.5) is 11.4 Å². The number of rotatable bonds is 4. The van der Waals surface area contributed by atoms with Crippen molar-refractivity contribution in [1.29, 1.82) is 0 Å². The maximum Gasteiger partial charge on any atom is 0.335 e. The van der Waals surface area contributed by atoms with Gasteiger partial charge in [0, 0.05) is 10.7 Å². The molecule has 1 aromatic heterocycles. The summed E-state index contributed by atoms with van der Waals surface area (Å²) in [6.07, 6.45) is 0.351. The Morgan fingerprint density at radius 2 is 1.93 bits per heavy atom. The highest BCUT2D eigenvalue weighted by Crippen LogP contribution is 2.22. The molecule has 7 nitrogen and oxygen atoms in total. The number of nitrogens with one attached hydrogen (secondary N) is 1. The fourth-order valence-electron chi connectivity index (χ4n) is 2.68. The number of H-pyrrole nitrogens is 1. The van der Waals surface area contributed by atoms with Crippen LogP contribution in [-0.2, 0) is 0 Å². The van der Waals surface area contributed by atoms with E-state index in [1.54, 1.807) is 55.5 Å². The minimum Gasteiger partial charge on any atom is -0.493 e. The third-order valence-corrected chi connectivity index (χ3v) is 4.18. The molecule has 27 heavy (non-hydrogen) atoms. The largest absolute Gasteiger partial charge is 0.493 e. The molecule has 0 bridgehead atoms. The smallest absolute Gasteiger partial charge is 0.335 e. The zero-order valence-corrected chi connectivity index (χ0v) is 15.2. The Balaban J connectivity index is 2.23. The first-order chi connectivity index (χ1) is 12.9. The van der Waals surface area contributed by atoms with E-state index in [1.807, 2.05) is 0 Å². The summed E-state index contributed by atoms with van der Waals surface area (Å²) in [6, 6.07) is 13.1. The zero-order valence-electron chi connectivity index (χ0n) is 14.4. The summed E-state index contributed by atoms with van der Waals surface area (Å²) in [5.74, 6) is -0.490. The van der Waals surface area contributed by atoms with Gasteiger partial charge in [0.1, 0.15) is 5.56 Å². The summed E-state index contributed by atoms with van der Waals surface area (Å²) in [6.45, 7) is 1.79. The van der Waals surface area contributed by atoms with Gasteiger partial charge in [-0.25, -0.2) is 9.36 Å². The van der Waals surface area contributed by atoms with Crippen LogP contribution >= 0.6 is 11.6 Å². The van der Waals surface area contributed by atoms with Gasteiger partial charge in [0.15, 0.2) is 0 Å². The minimum absolute atomic E-state index is 0.0746. The second-order valence-corrected chi connectivity index (χ2v) is 6.21. The third-order valence-electron chi connectivity index (χ3n) is 3.93. The quantitative estimate of drug-likeness (QED) is 0.474. The van der Waals surface area contributed by atoms with Gasteiger partial charge in [-0.15, -0.1) is 0 Å². The summed E-state index contributed by atoms with van der Waals surface area (Å²) >= 11 is 5.87. The van der Waals surface area contributed by atoms with Gasteiger partial charge in [-0.05, 0) is 48.9 Å². The highest BCUT2D eigenvalue weighted by molar-refractivity contribution is 6.30. The first-order valence-electron chi connectivity index (χ1n) is 8.18. The number of hydrogen-bond acceptors (Lipinski definition) is 5. The highest BCUT2D eigenvalue weighted by Gasteiger charge is 2.19. The lowest BCUT2D eigenvalue weighted by molar-refractivity contribution is 0.429. The van der Waals surface area contributed by atoms with E-state index < -0.39 is 17.1 Å². The number of nitrogens with zero attached hydrogens (tertiary/aromatic N) is 2. The number of nitrogens with two attached hydrogens (primary N) is 1. The van der Waals surface area contributed by atoms with E-state index >= 15 is 0 Å². The zero-order chi connectivity index (χ0) is 19.6. The number of hydrogen-bond donors (Lipinski definition) is 3. The molecule has 3 aromatic rings. The van der Waals surface area contributed by atoms with Gasteiger partial charge < -0.3 is 10.8 Å². The van der Waals surface area contributed by atoms with E-state index in [0.29, 0.717) is 34.2 Å². The molecule has 0 unspecified atom stereocenters. The maximum atomic E-state index is 12.4. The Morgan fingerprint density at radius 3 is 2.56 bits per heavy atom. The molecule has 0 atom stereocenters. The van der Waals surface area contributed by atoms with Crippen LogP contribution in [0.5, 0.6) is 5.88 Å². The second kappa shape index (κ2) is 7.51. The summed E-state index contributed by atoms with van der Waals surface area (Å²) < 4.78 is 0.998. The van der Waals surface area contributed by atoms with Crippen LogP contribution in [0.15, 0.2) is 63.1 Å². The molecule has 0 saturated heterocycles. The minimum atomic E-state index is -0.761. The van der Waals surface area contributed by atoms with Crippen molar-refractivity contribution in [2.45, 2.75) is 13.3 Å². The number of aromatic amines is 1. The van der Waals surface area contributed by atoms with Crippen molar-refractivity contribution >= 4 is 28.7 Å². The average Bonchev–Trinajstić information content (AvgIpc) is 2.62. The Kier molecular flexibility index (Phi) is 5.14. The van der Waals surface area contributed by atoms with E-state index in [2.05, 4.69) is 9.98 Å². The van der Waals surface area contributed by atoms with Crippen LogP contribution < -0.4 is 17.0 Å². The summed E-state index contributed by atoms with van der Waals surface area (Å²) in [5, 5.41) is 11.2. The lowest BCUT2D eigenvalue weighted by atomic mass is 10.1. The van der Waals surface area contributed by atoms with Crippen molar-refractivity contribution in [3.63, 3.8) is 0 Å². The van der Waals surface area contributed by atoms with E-state index in [-0.39, 0.29) is 5.56 Å². The standard InChI is InChI=1S/C19H17ClN4O3/c1-2-15(22-13-5-3-4-12(21)10-13)16-17(25)23-19(27)24(18(16)26)14-8-6-11(20)7-9-14/h3-10,26H,2,21H2,1H3,(H,23,25,27). The third kappa shape index (κ3) is 3.78. The van der Waals surface area contributed by atoms with E-state index in [4.69, 9.17) is 17.3 Å². The van der Waals surface area contributed by atoms with Crippen molar-refractivity contribution in [2.75, 3.05) is 5.73 Å². The van der Waals surface area contributed by atoms with E-state index in [9.17, 15) is 14.7 Å². The van der Waals surface area contributed by atoms with Gasteiger partial charge in [-0.1, -0.05) is 24.6 Å². The predicted octanol–water partition coefficient (Wildman–Crippen LogP) is 3.00. The van der Waals surface area contributed by atoms with Gasteiger partial charge in [0.25, 0.3) is 5.56 Å². The maximum absolute atomic E-state index is 12.4. The molecule has 0 fully saturated rings. The van der Waals surface area contributed by atoms with Gasteiger partial charge in [0.05, 0.1) is 17.1 Å². The molecule has 8 heteroatoms. The SMILES string of the molecule is CCC(=Nc1cccc(N)c1)c1c(O)n(-c2ccc(Cl)cc2)c(=O)[nH]c1=O. The Hall–Kier alpha value is -3.32. The fraction of sp³-hybridized carbons (Fsp3) is 0.105. The molecule has 138 valence electrons. The second-order valence-electron chi connectivity index (χ2n) is 5.78. The molecule has 0 aliphatic rings. The number of anilines is 1. The first-order valence-corrected chi connectivity index (χ1v) is 8.56. The topological polar surface area (TPSA) is 113 Å². The van der Waals surface area contributed by atoms with Gasteiger partial charge >= 0.3 is 5.69 Å². The van der Waals surface area contributed by atoms with Crippen molar-refractivity contribution < 1.29 is 5.11 Å². The van der Waals surface area contributed by atoms with Crippen LogP contribution in [0.2, 0.25) is 5.02 Å². The molecule has 0 aliphatic carbocycles. The number of aliphatic imine (C=N–C) groups is 1. The molecule has 1 heterocycles. The van der Waals surface area contributed by atoms with E-state index in [1.165, 1.54) is 0 Å². The molecule has 0 amide bonds. The molecule has 4 N–H and O–H groups in total. The molecular weight excluding hydrogens is 368 g/mol. The number of aromatic hydroxyl groups is 1. The van der Waals surface area contributed by atoms with Crippen LogP contribution in [-0.4, -0.2) is 20.4 Å². The normalized spacial score (nSPS) is 11.6. The molecule has 2 aromatic carbocycles. The van der Waals surface area contributed by atoms with Crippen molar-refractivity contribution in [2.24, 2.45) is 4.99 Å². The van der Waals surface area contributed by atoms with Crippen LogP contribution in [0.3, 0.4) is 0 Å². The predicted molar refractivity (Wildman–Crippen MR) is 107 cm³/mol. The van der Waals surface area contributed by atoms with Gasteiger partial charge in [0.2, 0.25) is 5.88 Å². The molecule has 0 spiro atoms. The van der Waals surface area contributed by atoms with Gasteiger partial charge in [-0.3, -0.25) is 14.8 Å². The lowest BCUT2D eigenvalue weighted by Gasteiger charge is -2.12. The number of nitrogen functional groups attached to an aromatic ring is 1. The Labute approximate surface area is 159 Å². The van der Waals surface area contributed by atoms with Crippen molar-refractivity contribution in [1.82, 2.24) is 9.55 Å². The fourth-order valence-corrected chi connectivity index (χ4v) is 2.80. The highest BCUT2D eigenvalue weighted by atomic mass is 35.5. The molecule has 0 saturated carbocycles. The van der Waals surface area contributed by atoms with Gasteiger partial charge in [-0.2, -0.15) is 0 Å². The summed E-state index contributed by atoms with van der Waals surface area (Å²) in [7, 11) is 0. The Morgan fingerprint density at radius 1 is 1.22 bits per heavy atom. The van der Waals surface area contributed by atoms with Crippen molar-refractivity contribution in [3.8, 4) is 11.6 Å². The number of aromatic nitrogens is 2. The molecular formula is C19H17ClN4O3. The van der Waals surface area contributed by atoms with E-state index in [0.717, 1.165) is 4.57 Å². The van der Waals surface area contributed by atoms with Crippen LogP contribution in [0.25, 0.3) is 5.69 Å². The average molecular weight is 385 g/mol. The van der Waals surface area contributed by atoms with Crippen molar-refractivity contribution in [3.05, 3.63) is 80.0 Å². The summed E-state index contributed by atoms with van der Waals surface area (Å²) in [5.41, 5.74) is 5.95. The molecule has 3 rings (SSSR count). The van der Waals surface area contributed by atoms with Crippen LogP contribution in [0.1, 0.15) is 18.9 Å². The first kappa shape index (κ1) is 18.5. The summed E-state index contributed by atoms with van der Waals surface area (Å²) in [4.78, 5) is 31.3. The molecule has 0 aliphatic heterocycles. The Bertz CT molecular complexity index is 1130. The molecule has 0 radical (unpaired) electrons. The number of halogens is 1. The number of benzene rings is 2. The lowest BCUT2D eigenvalue weighted by Crippen LogP contribution is -2.33. The monoisotopic (exact) mass is 384 g/mol.